The molecule has 1 aromatic rings. The second-order valence-corrected chi connectivity index (χ2v) is 5.69. The maximum atomic E-state index is 13.4. The van der Waals surface area contributed by atoms with Gasteiger partial charge in [-0.1, -0.05) is 0 Å². The molecular weight excluding hydrogens is 261 g/mol. The molecule has 4 N–H and O–H groups in total. The fourth-order valence-electron chi connectivity index (χ4n) is 1.35. The Hall–Kier alpha value is -1.83. The van der Waals surface area contributed by atoms with Crippen molar-refractivity contribution in [2.24, 2.45) is 0 Å². The van der Waals surface area contributed by atoms with E-state index in [0.29, 0.717) is 0 Å². The molecule has 0 aromatic heterocycles. The van der Waals surface area contributed by atoms with Crippen LogP contribution in [0, 0.1) is 5.82 Å². The summed E-state index contributed by atoms with van der Waals surface area (Å²) in [6, 6.07) is 2.30. The summed E-state index contributed by atoms with van der Waals surface area (Å²) >= 11 is 0. The Labute approximate surface area is 103 Å². The van der Waals surface area contributed by atoms with Crippen LogP contribution in [0.2, 0.25) is 0 Å². The molecule has 6 nitrogen and oxygen atoms in total. The van der Waals surface area contributed by atoms with Gasteiger partial charge in [0.1, 0.15) is 10.7 Å². The van der Waals surface area contributed by atoms with Crippen molar-refractivity contribution in [3.8, 4) is 0 Å². The quantitative estimate of drug-likeness (QED) is 0.700. The van der Waals surface area contributed by atoms with Crippen molar-refractivity contribution in [3.63, 3.8) is 0 Å². The molecule has 0 heterocycles. The minimum absolute atomic E-state index is 0.0106. The second-order valence-electron chi connectivity index (χ2n) is 4.04. The predicted octanol–water partition coefficient (Wildman–Crippen LogP) is 0.558. The molecule has 8 heteroatoms. The standard InChI is InChI=1S/C10H12FN3O3S/c11-8-5-6(12)1-4-9(8)18(16,17)14-10(15)13-7-2-3-7/h1,4-5,7H,2-3,12H2,(H2,13,14,15). The first-order valence-corrected chi connectivity index (χ1v) is 6.75. The first-order chi connectivity index (χ1) is 8.38. The van der Waals surface area contributed by atoms with Crippen LogP contribution in [-0.4, -0.2) is 20.5 Å². The van der Waals surface area contributed by atoms with E-state index in [-0.39, 0.29) is 11.7 Å². The highest BCUT2D eigenvalue weighted by Crippen LogP contribution is 2.19. The zero-order chi connectivity index (χ0) is 13.3. The Morgan fingerprint density at radius 2 is 2.06 bits per heavy atom. The molecule has 0 atom stereocenters. The molecule has 0 radical (unpaired) electrons. The van der Waals surface area contributed by atoms with Crippen LogP contribution in [0.25, 0.3) is 0 Å². The van der Waals surface area contributed by atoms with Crippen molar-refractivity contribution < 1.29 is 17.6 Å². The zero-order valence-corrected chi connectivity index (χ0v) is 10.1. The third-order valence-corrected chi connectivity index (χ3v) is 3.75. The molecule has 0 saturated heterocycles. The fraction of sp³-hybridized carbons (Fsp3) is 0.300. The minimum Gasteiger partial charge on any atom is -0.399 e. The normalized spacial score (nSPS) is 15.2. The number of nitrogens with one attached hydrogen (secondary N) is 2. The summed E-state index contributed by atoms with van der Waals surface area (Å²) < 4.78 is 38.6. The highest BCUT2D eigenvalue weighted by atomic mass is 32.2. The van der Waals surface area contributed by atoms with Gasteiger partial charge >= 0.3 is 6.03 Å². The topological polar surface area (TPSA) is 101 Å². The van der Waals surface area contributed by atoms with Crippen molar-refractivity contribution in [3.05, 3.63) is 24.0 Å². The molecule has 0 aliphatic heterocycles. The van der Waals surface area contributed by atoms with E-state index in [1.54, 1.807) is 4.72 Å². The van der Waals surface area contributed by atoms with Crippen LogP contribution in [0.4, 0.5) is 14.9 Å². The lowest BCUT2D eigenvalue weighted by Gasteiger charge is -2.08. The molecular formula is C10H12FN3O3S. The SMILES string of the molecule is Nc1ccc(S(=O)(=O)NC(=O)NC2CC2)c(F)c1. The molecule has 1 aliphatic rings. The number of hydrogen-bond donors (Lipinski definition) is 3. The summed E-state index contributed by atoms with van der Waals surface area (Å²) in [5.74, 6) is -0.998. The van der Waals surface area contributed by atoms with Gasteiger partial charge < -0.3 is 11.1 Å². The summed E-state index contributed by atoms with van der Waals surface area (Å²) in [4.78, 5) is 10.7. The summed E-state index contributed by atoms with van der Waals surface area (Å²) in [6.07, 6.45) is 1.65. The van der Waals surface area contributed by atoms with Crippen molar-refractivity contribution in [1.29, 1.82) is 0 Å². The molecule has 2 amide bonds. The van der Waals surface area contributed by atoms with Gasteiger partial charge in [0, 0.05) is 11.7 Å². The number of urea groups is 1. The molecule has 18 heavy (non-hydrogen) atoms. The van der Waals surface area contributed by atoms with Crippen molar-refractivity contribution in [1.82, 2.24) is 10.0 Å². The maximum absolute atomic E-state index is 13.4. The number of anilines is 1. The molecule has 2 rings (SSSR count). The number of halogens is 1. The second kappa shape index (κ2) is 4.45. The summed E-state index contributed by atoms with van der Waals surface area (Å²) in [5.41, 5.74) is 5.42. The largest absolute Gasteiger partial charge is 0.399 e. The predicted molar refractivity (Wildman–Crippen MR) is 62.7 cm³/mol. The first-order valence-electron chi connectivity index (χ1n) is 5.27. The zero-order valence-electron chi connectivity index (χ0n) is 9.31. The van der Waals surface area contributed by atoms with Crippen LogP contribution in [0.5, 0.6) is 0 Å². The highest BCUT2D eigenvalue weighted by Gasteiger charge is 2.27. The lowest BCUT2D eigenvalue weighted by molar-refractivity contribution is 0.245. The summed E-state index contributed by atoms with van der Waals surface area (Å²) in [7, 11) is -4.22. The molecule has 0 unspecified atom stereocenters. The van der Waals surface area contributed by atoms with Gasteiger partial charge in [-0.3, -0.25) is 0 Å². The van der Waals surface area contributed by atoms with Gasteiger partial charge in [-0.25, -0.2) is 22.3 Å². The first kappa shape index (κ1) is 12.6. The number of carbonyl (C=O) groups excluding carboxylic acids is 1. The van der Waals surface area contributed by atoms with Gasteiger partial charge in [0.2, 0.25) is 0 Å². The van der Waals surface area contributed by atoms with Gasteiger partial charge in [0.05, 0.1) is 0 Å². The molecule has 0 spiro atoms. The number of amides is 2. The van der Waals surface area contributed by atoms with E-state index in [0.717, 1.165) is 25.0 Å². The molecule has 98 valence electrons. The van der Waals surface area contributed by atoms with E-state index < -0.39 is 26.8 Å². The van der Waals surface area contributed by atoms with E-state index in [1.165, 1.54) is 6.07 Å². The van der Waals surface area contributed by atoms with Gasteiger partial charge in [0.25, 0.3) is 10.0 Å². The van der Waals surface area contributed by atoms with Crippen molar-refractivity contribution in [2.45, 2.75) is 23.8 Å². The Bertz CT molecular complexity index is 584. The maximum Gasteiger partial charge on any atom is 0.328 e. The van der Waals surface area contributed by atoms with Crippen LogP contribution >= 0.6 is 0 Å². The number of hydrogen-bond acceptors (Lipinski definition) is 4. The van der Waals surface area contributed by atoms with Crippen molar-refractivity contribution in [2.75, 3.05) is 5.73 Å². The van der Waals surface area contributed by atoms with Crippen LogP contribution in [0.3, 0.4) is 0 Å². The lowest BCUT2D eigenvalue weighted by atomic mass is 10.3. The number of benzene rings is 1. The molecule has 1 aliphatic carbocycles. The minimum atomic E-state index is -4.22. The van der Waals surface area contributed by atoms with Crippen LogP contribution in [0.1, 0.15) is 12.8 Å². The highest BCUT2D eigenvalue weighted by molar-refractivity contribution is 7.90. The Morgan fingerprint density at radius 3 is 2.61 bits per heavy atom. The van der Waals surface area contributed by atoms with Gasteiger partial charge in [-0.05, 0) is 31.0 Å². The monoisotopic (exact) mass is 273 g/mol. The van der Waals surface area contributed by atoms with E-state index >= 15 is 0 Å². The summed E-state index contributed by atoms with van der Waals surface area (Å²) in [5, 5.41) is 2.43. The van der Waals surface area contributed by atoms with Gasteiger partial charge in [-0.15, -0.1) is 0 Å². The summed E-state index contributed by atoms with van der Waals surface area (Å²) in [6.45, 7) is 0. The molecule has 1 saturated carbocycles. The van der Waals surface area contributed by atoms with E-state index in [2.05, 4.69) is 5.32 Å². The average molecular weight is 273 g/mol. The van der Waals surface area contributed by atoms with E-state index in [9.17, 15) is 17.6 Å². The van der Waals surface area contributed by atoms with Crippen molar-refractivity contribution >= 4 is 21.7 Å². The van der Waals surface area contributed by atoms with Gasteiger partial charge in [0.15, 0.2) is 0 Å². The number of nitrogens with two attached hydrogens (primary N) is 1. The van der Waals surface area contributed by atoms with Crippen LogP contribution in [-0.2, 0) is 10.0 Å². The number of rotatable bonds is 3. The Morgan fingerprint density at radius 1 is 1.39 bits per heavy atom. The van der Waals surface area contributed by atoms with Gasteiger partial charge in [-0.2, -0.15) is 0 Å². The molecule has 1 aromatic carbocycles. The lowest BCUT2D eigenvalue weighted by Crippen LogP contribution is -2.40. The third kappa shape index (κ3) is 2.89. The Kier molecular flexibility index (Phi) is 3.12. The third-order valence-electron chi connectivity index (χ3n) is 2.39. The fourth-order valence-corrected chi connectivity index (χ4v) is 2.33. The van der Waals surface area contributed by atoms with E-state index in [4.69, 9.17) is 5.73 Å². The van der Waals surface area contributed by atoms with E-state index in [1.807, 2.05) is 0 Å². The number of carbonyl (C=O) groups is 1. The smallest absolute Gasteiger partial charge is 0.328 e. The molecule has 0 bridgehead atoms. The average Bonchev–Trinajstić information content (AvgIpc) is 2.99. The molecule has 1 fully saturated rings. The van der Waals surface area contributed by atoms with Crippen LogP contribution in [0.15, 0.2) is 23.1 Å². The number of nitrogen functional groups attached to an aromatic ring is 1. The Balaban J connectivity index is 2.16. The van der Waals surface area contributed by atoms with Crippen LogP contribution < -0.4 is 15.8 Å². The number of sulfonamides is 1.